The first-order valence-corrected chi connectivity index (χ1v) is 9.34. The molecule has 1 aromatic carbocycles. The Hall–Kier alpha value is -4.01. The Bertz CT molecular complexity index is 1150. The smallest absolute Gasteiger partial charge is 0.251 e. The molecule has 0 aliphatic heterocycles. The molecule has 152 valence electrons. The molecular formula is C21H20N6O3. The number of nitrogens with zero attached hydrogens (tertiary/aromatic N) is 5. The number of benzene rings is 1. The normalized spacial score (nSPS) is 10.7. The molecule has 4 aromatic rings. The van der Waals surface area contributed by atoms with Crippen LogP contribution in [-0.2, 0) is 13.2 Å². The number of hydrogen-bond acceptors (Lipinski definition) is 7. The van der Waals surface area contributed by atoms with Crippen LogP contribution in [0.25, 0.3) is 5.82 Å². The highest BCUT2D eigenvalue weighted by Crippen LogP contribution is 2.14. The number of aryl methyl sites for hydroxylation is 2. The van der Waals surface area contributed by atoms with Crippen molar-refractivity contribution in [1.29, 1.82) is 0 Å². The molecule has 0 unspecified atom stereocenters. The molecule has 0 aliphatic carbocycles. The topological polar surface area (TPSA) is 108 Å². The van der Waals surface area contributed by atoms with Crippen LogP contribution in [0.4, 0.5) is 0 Å². The van der Waals surface area contributed by atoms with E-state index in [2.05, 4.69) is 25.4 Å². The minimum absolute atomic E-state index is 0.174. The molecule has 9 nitrogen and oxygen atoms in total. The largest absolute Gasteiger partial charge is 0.485 e. The van der Waals surface area contributed by atoms with Gasteiger partial charge in [-0.05, 0) is 48.9 Å². The molecule has 9 heteroatoms. The van der Waals surface area contributed by atoms with E-state index in [1.165, 1.54) is 0 Å². The van der Waals surface area contributed by atoms with Crippen LogP contribution >= 0.6 is 0 Å². The van der Waals surface area contributed by atoms with Gasteiger partial charge in [0, 0.05) is 37.6 Å². The average Bonchev–Trinajstić information content (AvgIpc) is 3.39. The number of carbonyl (C=O) groups excluding carboxylic acids is 1. The molecule has 0 saturated heterocycles. The zero-order valence-electron chi connectivity index (χ0n) is 16.6. The molecule has 0 radical (unpaired) electrons. The molecule has 0 saturated carbocycles. The summed E-state index contributed by atoms with van der Waals surface area (Å²) >= 11 is 0. The Morgan fingerprint density at radius 1 is 1.13 bits per heavy atom. The molecule has 0 atom stereocenters. The van der Waals surface area contributed by atoms with E-state index < -0.39 is 0 Å². The third kappa shape index (κ3) is 4.52. The number of aromatic nitrogens is 5. The number of rotatable bonds is 7. The van der Waals surface area contributed by atoms with Crippen LogP contribution in [0, 0.1) is 13.8 Å². The maximum absolute atomic E-state index is 12.5. The lowest BCUT2D eigenvalue weighted by Gasteiger charge is -2.09. The maximum Gasteiger partial charge on any atom is 0.251 e. The quantitative estimate of drug-likeness (QED) is 0.504. The Kier molecular flexibility index (Phi) is 5.51. The minimum Gasteiger partial charge on any atom is -0.485 e. The van der Waals surface area contributed by atoms with Gasteiger partial charge in [-0.25, -0.2) is 9.97 Å². The average molecular weight is 404 g/mol. The van der Waals surface area contributed by atoms with Gasteiger partial charge in [-0.15, -0.1) is 0 Å². The van der Waals surface area contributed by atoms with Gasteiger partial charge in [0.1, 0.15) is 17.4 Å². The summed E-state index contributed by atoms with van der Waals surface area (Å²) in [6.45, 7) is 4.21. The van der Waals surface area contributed by atoms with Gasteiger partial charge in [-0.1, -0.05) is 5.16 Å². The monoisotopic (exact) mass is 404 g/mol. The van der Waals surface area contributed by atoms with Crippen LogP contribution in [0.5, 0.6) is 5.75 Å². The molecule has 1 N–H and O–H groups in total. The van der Waals surface area contributed by atoms with Gasteiger partial charge in [0.2, 0.25) is 11.7 Å². The fraction of sp³-hybridized carbons (Fsp3) is 0.190. The Labute approximate surface area is 172 Å². The van der Waals surface area contributed by atoms with Crippen LogP contribution in [0.15, 0.2) is 59.5 Å². The van der Waals surface area contributed by atoms with Crippen molar-refractivity contribution in [2.24, 2.45) is 0 Å². The molecule has 3 heterocycles. The molecule has 4 rings (SSSR count). The van der Waals surface area contributed by atoms with Crippen molar-refractivity contribution in [1.82, 2.24) is 30.0 Å². The lowest BCUT2D eigenvalue weighted by Crippen LogP contribution is -2.22. The summed E-state index contributed by atoms with van der Waals surface area (Å²) in [6.07, 6.45) is 5.29. The Morgan fingerprint density at radius 3 is 2.67 bits per heavy atom. The van der Waals surface area contributed by atoms with Crippen LogP contribution in [0.3, 0.4) is 0 Å². The minimum atomic E-state index is -0.174. The van der Waals surface area contributed by atoms with Gasteiger partial charge in [0.25, 0.3) is 5.91 Å². The summed E-state index contributed by atoms with van der Waals surface area (Å²) < 4.78 is 12.4. The van der Waals surface area contributed by atoms with Crippen LogP contribution in [0.2, 0.25) is 0 Å². The predicted molar refractivity (Wildman–Crippen MR) is 107 cm³/mol. The molecule has 30 heavy (non-hydrogen) atoms. The van der Waals surface area contributed by atoms with Gasteiger partial charge in [-0.2, -0.15) is 4.98 Å². The van der Waals surface area contributed by atoms with Crippen molar-refractivity contribution in [2.75, 3.05) is 0 Å². The molecule has 0 bridgehead atoms. The second-order valence-electron chi connectivity index (χ2n) is 6.59. The number of ether oxygens (including phenoxy) is 1. The van der Waals surface area contributed by atoms with E-state index in [0.717, 1.165) is 17.2 Å². The molecule has 3 aromatic heterocycles. The van der Waals surface area contributed by atoms with E-state index >= 15 is 0 Å². The van der Waals surface area contributed by atoms with Gasteiger partial charge in [-0.3, -0.25) is 9.36 Å². The predicted octanol–water partition coefficient (Wildman–Crippen LogP) is 2.78. The second-order valence-corrected chi connectivity index (χ2v) is 6.59. The van der Waals surface area contributed by atoms with Crippen molar-refractivity contribution in [3.05, 3.63) is 83.7 Å². The Morgan fingerprint density at radius 2 is 1.97 bits per heavy atom. The third-order valence-electron chi connectivity index (χ3n) is 4.39. The second kappa shape index (κ2) is 8.56. The highest BCUT2D eigenvalue weighted by molar-refractivity contribution is 5.94. The van der Waals surface area contributed by atoms with E-state index in [1.54, 1.807) is 43.6 Å². The summed E-state index contributed by atoms with van der Waals surface area (Å²) in [5, 5.41) is 6.69. The lowest BCUT2D eigenvalue weighted by atomic mass is 10.2. The SMILES string of the molecule is Cc1nc(COc2ccc(C(=O)NCc3ccnc(-n4ccnc4C)c3)cc2)no1. The standard InChI is InChI=1S/C21H20N6O3/c1-14-22-9-10-27(14)20-11-16(7-8-23-20)12-24-21(28)17-3-5-18(6-4-17)29-13-19-25-15(2)30-26-19/h3-11H,12-13H2,1-2H3,(H,24,28). The van der Waals surface area contributed by atoms with Gasteiger partial charge in [0.15, 0.2) is 6.61 Å². The number of imidazole rings is 1. The number of hydrogen-bond donors (Lipinski definition) is 1. The highest BCUT2D eigenvalue weighted by atomic mass is 16.5. The first-order chi connectivity index (χ1) is 14.6. The van der Waals surface area contributed by atoms with E-state index in [9.17, 15) is 4.79 Å². The fourth-order valence-electron chi connectivity index (χ4n) is 2.86. The summed E-state index contributed by atoms with van der Waals surface area (Å²) in [6, 6.07) is 10.7. The third-order valence-corrected chi connectivity index (χ3v) is 4.39. The summed E-state index contributed by atoms with van der Waals surface area (Å²) in [5.41, 5.74) is 1.48. The van der Waals surface area contributed by atoms with Gasteiger partial charge in [0.05, 0.1) is 0 Å². The van der Waals surface area contributed by atoms with E-state index in [4.69, 9.17) is 9.26 Å². The first-order valence-electron chi connectivity index (χ1n) is 9.34. The lowest BCUT2D eigenvalue weighted by molar-refractivity contribution is 0.0951. The molecular weight excluding hydrogens is 384 g/mol. The first kappa shape index (κ1) is 19.3. The van der Waals surface area contributed by atoms with Crippen molar-refractivity contribution in [2.45, 2.75) is 27.0 Å². The van der Waals surface area contributed by atoms with Crippen LogP contribution in [0.1, 0.15) is 33.5 Å². The molecule has 0 aliphatic rings. The fourth-order valence-corrected chi connectivity index (χ4v) is 2.86. The van der Waals surface area contributed by atoms with Gasteiger partial charge >= 0.3 is 0 Å². The van der Waals surface area contributed by atoms with E-state index in [-0.39, 0.29) is 12.5 Å². The van der Waals surface area contributed by atoms with Crippen molar-refractivity contribution in [3.63, 3.8) is 0 Å². The maximum atomic E-state index is 12.5. The zero-order chi connectivity index (χ0) is 20.9. The Balaban J connectivity index is 1.33. The van der Waals surface area contributed by atoms with Crippen LogP contribution < -0.4 is 10.1 Å². The van der Waals surface area contributed by atoms with Crippen molar-refractivity contribution < 1.29 is 14.1 Å². The van der Waals surface area contributed by atoms with Crippen molar-refractivity contribution >= 4 is 5.91 Å². The number of nitrogens with one attached hydrogen (secondary N) is 1. The van der Waals surface area contributed by atoms with Crippen LogP contribution in [-0.4, -0.2) is 30.6 Å². The number of pyridine rings is 1. The van der Waals surface area contributed by atoms with Gasteiger partial charge < -0.3 is 14.6 Å². The highest BCUT2D eigenvalue weighted by Gasteiger charge is 2.08. The zero-order valence-corrected chi connectivity index (χ0v) is 16.6. The molecule has 1 amide bonds. The summed E-state index contributed by atoms with van der Waals surface area (Å²) in [5.74, 6) is 3.01. The number of carbonyl (C=O) groups is 1. The molecule has 0 fully saturated rings. The van der Waals surface area contributed by atoms with Crippen molar-refractivity contribution in [3.8, 4) is 11.6 Å². The molecule has 0 spiro atoms. The summed E-state index contributed by atoms with van der Waals surface area (Å²) in [4.78, 5) is 25.1. The van der Waals surface area contributed by atoms with E-state index in [1.807, 2.05) is 29.8 Å². The number of amides is 1. The summed E-state index contributed by atoms with van der Waals surface area (Å²) in [7, 11) is 0. The van der Waals surface area contributed by atoms with E-state index in [0.29, 0.717) is 29.6 Å².